The van der Waals surface area contributed by atoms with Crippen LogP contribution in [0.5, 0.6) is 11.5 Å². The zero-order chi connectivity index (χ0) is 34.3. The maximum Gasteiger partial charge on any atom is 0 e. The molecule has 4 aromatic carbocycles. The topological polar surface area (TPSA) is 127 Å². The number of ether oxygens (including phenoxy) is 1. The molecule has 10 heteroatoms. The summed E-state index contributed by atoms with van der Waals surface area (Å²) in [6.45, 7) is 36.6. The van der Waals surface area contributed by atoms with Crippen molar-refractivity contribution in [1.82, 2.24) is 0 Å². The van der Waals surface area contributed by atoms with E-state index in [1.54, 1.807) is 7.11 Å². The van der Waals surface area contributed by atoms with Gasteiger partial charge in [-0.1, -0.05) is 90.1 Å². The van der Waals surface area contributed by atoms with Crippen molar-refractivity contribution in [3.8, 4) is 22.6 Å². The monoisotopic (exact) mass is 662 g/mol. The molecule has 0 radical (unpaired) electrons. The van der Waals surface area contributed by atoms with Gasteiger partial charge in [0, 0.05) is 45.7 Å². The van der Waals surface area contributed by atoms with Crippen LogP contribution in [-0.2, 0) is 52.0 Å². The smallest absolute Gasteiger partial charge is 0 e. The molecule has 0 N–H and O–H groups in total. The second-order valence-corrected chi connectivity index (χ2v) is 16.0. The quantitative estimate of drug-likeness (QED) is 0.121. The number of methoxy groups -OCH3 is 1. The predicted octanol–water partition coefficient (Wildman–Crippen LogP) is 8.43. The Morgan fingerprint density at radius 1 is 0.600 bits per heavy atom. The average Bonchev–Trinajstić information content (AvgIpc) is 3.22. The van der Waals surface area contributed by atoms with E-state index < -0.39 is 8.56 Å². The predicted molar refractivity (Wildman–Crippen MR) is 164 cm³/mol. The van der Waals surface area contributed by atoms with E-state index in [0.717, 1.165) is 28.2 Å². The third kappa shape index (κ3) is 9.00. The van der Waals surface area contributed by atoms with Gasteiger partial charge in [0.1, 0.15) is 11.5 Å². The van der Waals surface area contributed by atoms with E-state index in [1.807, 2.05) is 0 Å². The molecular formula is C35H34CrO8Si. The van der Waals surface area contributed by atoms with Crippen molar-refractivity contribution in [3.05, 3.63) is 106 Å². The number of benzene rings is 4. The summed E-state index contributed by atoms with van der Waals surface area (Å²) in [4.78, 5) is 0. The van der Waals surface area contributed by atoms with Gasteiger partial charge in [-0.05, 0) is 45.3 Å². The average molecular weight is 663 g/mol. The van der Waals surface area contributed by atoms with Gasteiger partial charge in [0.05, 0.1) is 6.61 Å². The third-order valence-corrected chi connectivity index (χ3v) is 11.9. The molecule has 0 bridgehead atoms. The number of hydrogen-bond donors (Lipinski definition) is 0. The Morgan fingerprint density at radius 2 is 1.00 bits per heavy atom. The van der Waals surface area contributed by atoms with E-state index in [1.165, 1.54) is 21.5 Å². The van der Waals surface area contributed by atoms with Crippen LogP contribution in [0.15, 0.2) is 66.7 Å². The molecule has 0 saturated carbocycles. The largest absolute Gasteiger partial charge is 0 e. The van der Waals surface area contributed by atoms with Gasteiger partial charge in [0.15, 0.2) is 0 Å². The van der Waals surface area contributed by atoms with Crippen LogP contribution in [0, 0.1) is 33.3 Å². The Hall–Kier alpha value is -3.59. The molecule has 0 aliphatic carbocycles. The van der Waals surface area contributed by atoms with Gasteiger partial charge in [-0.3, -0.25) is 0 Å². The van der Waals surface area contributed by atoms with E-state index >= 15 is 0 Å². The first-order valence-electron chi connectivity index (χ1n) is 13.0. The van der Waals surface area contributed by atoms with Crippen molar-refractivity contribution in [2.75, 3.05) is 7.11 Å². The van der Waals surface area contributed by atoms with Crippen LogP contribution in [0.3, 0.4) is 0 Å². The molecule has 0 aromatic heterocycles. The van der Waals surface area contributed by atoms with Gasteiger partial charge in [-0.2, -0.15) is 0 Å². The van der Waals surface area contributed by atoms with Gasteiger partial charge < -0.3 is 13.6 Å². The van der Waals surface area contributed by atoms with Crippen molar-refractivity contribution >= 4 is 30.1 Å². The molecule has 1 aliphatic rings. The molecule has 0 unspecified atom stereocenters. The van der Waals surface area contributed by atoms with Gasteiger partial charge >= 0.3 is 65.1 Å². The number of hydrogen-bond acceptors (Lipinski definition) is 3. The number of fused-ring (bicyclic) bond motifs is 7. The SMILES string of the molecule is COCc1ccc2ccc3c(c2c1)-c1c(ccc2ccccc12)O[Si](C(C)(C)C)(C(C)(C)C)O3.[C-]#[O+].[C-]#[O+].[C-]#[O+].[C-]#[O+].[C-]#[O+].[Cr]. The molecule has 4 aromatic rings. The maximum absolute atomic E-state index is 7.50. The molecule has 0 saturated heterocycles. The maximum atomic E-state index is 7.50. The van der Waals surface area contributed by atoms with Crippen LogP contribution in [0.1, 0.15) is 47.1 Å². The molecule has 5 rings (SSSR count). The zero-order valence-electron chi connectivity index (χ0n) is 26.2. The summed E-state index contributed by atoms with van der Waals surface area (Å²) < 4.78 is 57.3. The molecule has 0 fully saturated rings. The normalized spacial score (nSPS) is 11.8. The molecular weight excluding hydrogens is 628 g/mol. The fourth-order valence-corrected chi connectivity index (χ4v) is 10.1. The molecule has 0 amide bonds. The summed E-state index contributed by atoms with van der Waals surface area (Å²) in [7, 11) is -1.13. The molecule has 1 heterocycles. The van der Waals surface area contributed by atoms with Crippen LogP contribution in [0.2, 0.25) is 10.1 Å². The molecule has 0 spiro atoms. The molecule has 1 aliphatic heterocycles. The van der Waals surface area contributed by atoms with Crippen LogP contribution in [0.4, 0.5) is 0 Å². The van der Waals surface area contributed by atoms with Crippen LogP contribution in [-0.4, -0.2) is 15.7 Å². The molecule has 0 atom stereocenters. The van der Waals surface area contributed by atoms with Crippen molar-refractivity contribution in [3.63, 3.8) is 0 Å². The van der Waals surface area contributed by atoms with Gasteiger partial charge in [0.2, 0.25) is 0 Å². The standard InChI is InChI=1S/C30H34O3Si.5CO.Cr/c1-29(2,3)34(30(4,5)6)32-25-16-14-21-10-8-9-11-23(21)27(25)28-24-18-20(19-31-7)12-13-22(24)15-17-26(28)33-34;5*1-2;/h8-18H,19H2,1-7H3;;;;;;. The second kappa shape index (κ2) is 19.7. The Kier molecular flexibility index (Phi) is 19.1. The number of rotatable bonds is 2. The van der Waals surface area contributed by atoms with Crippen LogP contribution < -0.4 is 8.85 Å². The van der Waals surface area contributed by atoms with Crippen LogP contribution in [0.25, 0.3) is 32.7 Å². The van der Waals surface area contributed by atoms with E-state index in [-0.39, 0.29) is 27.4 Å². The van der Waals surface area contributed by atoms with Crippen molar-refractivity contribution in [2.24, 2.45) is 0 Å². The molecule has 8 nitrogen and oxygen atoms in total. The van der Waals surface area contributed by atoms with Gasteiger partial charge in [-0.15, -0.1) is 0 Å². The fourth-order valence-electron chi connectivity index (χ4n) is 5.61. The first-order valence-corrected chi connectivity index (χ1v) is 14.8. The third-order valence-electron chi connectivity index (χ3n) is 6.98. The summed E-state index contributed by atoms with van der Waals surface area (Å²) in [6, 6.07) is 23.8. The fraction of sp³-hybridized carbons (Fsp3) is 0.286. The Bertz CT molecular complexity index is 1590. The first kappa shape index (κ1) is 43.5. The van der Waals surface area contributed by atoms with Gasteiger partial charge in [0.25, 0.3) is 0 Å². The summed E-state index contributed by atoms with van der Waals surface area (Å²) in [5, 5.41) is 4.40. The van der Waals surface area contributed by atoms with E-state index in [2.05, 4.69) is 142 Å². The summed E-state index contributed by atoms with van der Waals surface area (Å²) >= 11 is 0. The summed E-state index contributed by atoms with van der Waals surface area (Å²) in [5.41, 5.74) is 3.38. The molecule has 232 valence electrons. The Labute approximate surface area is 277 Å². The van der Waals surface area contributed by atoms with Crippen LogP contribution >= 0.6 is 0 Å². The van der Waals surface area contributed by atoms with Gasteiger partial charge in [-0.25, -0.2) is 0 Å². The minimum Gasteiger partial charge on any atom is 0 e. The van der Waals surface area contributed by atoms with Crippen molar-refractivity contribution < 1.29 is 54.2 Å². The zero-order valence-corrected chi connectivity index (χ0v) is 28.5. The van der Waals surface area contributed by atoms with E-state index in [4.69, 9.17) is 36.8 Å². The van der Waals surface area contributed by atoms with Crippen molar-refractivity contribution in [2.45, 2.75) is 58.2 Å². The van der Waals surface area contributed by atoms with Crippen molar-refractivity contribution in [1.29, 1.82) is 0 Å². The second-order valence-electron chi connectivity index (χ2n) is 11.4. The minimum absolute atomic E-state index is 0. The van der Waals surface area contributed by atoms with E-state index in [9.17, 15) is 0 Å². The summed E-state index contributed by atoms with van der Waals surface area (Å²) in [6.07, 6.45) is 0. The first-order chi connectivity index (χ1) is 21.1. The van der Waals surface area contributed by atoms with E-state index in [0.29, 0.717) is 6.61 Å². The summed E-state index contributed by atoms with van der Waals surface area (Å²) in [5.74, 6) is 1.83. The Morgan fingerprint density at radius 3 is 1.44 bits per heavy atom. The molecule has 45 heavy (non-hydrogen) atoms. The minimum atomic E-state index is -2.87. The Balaban J connectivity index is 0.